The Labute approximate surface area is 139 Å². The van der Waals surface area contributed by atoms with Crippen molar-refractivity contribution >= 4 is 34.8 Å². The van der Waals surface area contributed by atoms with Gasteiger partial charge in [0.2, 0.25) is 0 Å². The van der Waals surface area contributed by atoms with E-state index in [9.17, 15) is 0 Å². The number of hydrogen-bond donors (Lipinski definition) is 0. The van der Waals surface area contributed by atoms with Gasteiger partial charge in [-0.1, -0.05) is 35.3 Å². The molecular formula is C16H15Cl3O2. The lowest BCUT2D eigenvalue weighted by molar-refractivity contribution is 0.354. The van der Waals surface area contributed by atoms with E-state index in [1.54, 1.807) is 20.3 Å². The van der Waals surface area contributed by atoms with Crippen LogP contribution in [0.1, 0.15) is 16.5 Å². The largest absolute Gasteiger partial charge is 0.493 e. The fourth-order valence-electron chi connectivity index (χ4n) is 2.04. The summed E-state index contributed by atoms with van der Waals surface area (Å²) in [5.74, 6) is 1.34. The molecule has 5 heteroatoms. The minimum Gasteiger partial charge on any atom is -0.493 e. The monoisotopic (exact) mass is 344 g/mol. The molecule has 0 fully saturated rings. The van der Waals surface area contributed by atoms with Gasteiger partial charge in [-0.05, 0) is 41.8 Å². The quantitative estimate of drug-likeness (QED) is 0.663. The molecule has 21 heavy (non-hydrogen) atoms. The first-order valence-electron chi connectivity index (χ1n) is 6.35. The summed E-state index contributed by atoms with van der Waals surface area (Å²) in [6, 6.07) is 11.2. The van der Waals surface area contributed by atoms with Gasteiger partial charge in [0, 0.05) is 0 Å². The van der Waals surface area contributed by atoms with Gasteiger partial charge in [-0.3, -0.25) is 0 Å². The third kappa shape index (κ3) is 3.97. The highest BCUT2D eigenvalue weighted by Gasteiger charge is 2.13. The standard InChI is InChI=1S/C16H15Cl3O2/c1-20-15-6-4-11(9-16(15)21-2)13(18)7-10-3-5-12(17)14(19)8-10/h3-6,8-9,13H,7H2,1-2H3. The van der Waals surface area contributed by atoms with Gasteiger partial charge in [0.05, 0.1) is 29.6 Å². The molecule has 0 heterocycles. The number of alkyl halides is 1. The molecular weight excluding hydrogens is 331 g/mol. The molecule has 2 rings (SSSR count). The lowest BCUT2D eigenvalue weighted by Gasteiger charge is -2.14. The maximum atomic E-state index is 6.48. The minimum absolute atomic E-state index is 0.193. The highest BCUT2D eigenvalue weighted by atomic mass is 35.5. The molecule has 0 amide bonds. The van der Waals surface area contributed by atoms with Gasteiger partial charge in [0.25, 0.3) is 0 Å². The van der Waals surface area contributed by atoms with Crippen LogP contribution in [0.25, 0.3) is 0 Å². The van der Waals surface area contributed by atoms with Crippen LogP contribution in [0.4, 0.5) is 0 Å². The molecule has 0 aliphatic heterocycles. The lowest BCUT2D eigenvalue weighted by Crippen LogP contribution is -1.98. The Balaban J connectivity index is 2.19. The van der Waals surface area contributed by atoms with Gasteiger partial charge in [-0.25, -0.2) is 0 Å². The molecule has 1 unspecified atom stereocenters. The van der Waals surface area contributed by atoms with Gasteiger partial charge in [-0.15, -0.1) is 11.6 Å². The van der Waals surface area contributed by atoms with Crippen molar-refractivity contribution < 1.29 is 9.47 Å². The molecule has 2 aromatic carbocycles. The molecule has 0 spiro atoms. The van der Waals surface area contributed by atoms with Crippen molar-refractivity contribution in [2.45, 2.75) is 11.8 Å². The summed E-state index contributed by atoms with van der Waals surface area (Å²) in [7, 11) is 3.20. The summed E-state index contributed by atoms with van der Waals surface area (Å²) < 4.78 is 10.5. The van der Waals surface area contributed by atoms with Gasteiger partial charge >= 0.3 is 0 Å². The number of halogens is 3. The minimum atomic E-state index is -0.193. The summed E-state index contributed by atoms with van der Waals surface area (Å²) in [5, 5.41) is 0.880. The number of benzene rings is 2. The fraction of sp³-hybridized carbons (Fsp3) is 0.250. The average Bonchev–Trinajstić information content (AvgIpc) is 2.50. The van der Waals surface area contributed by atoms with Crippen molar-refractivity contribution in [2.24, 2.45) is 0 Å². The van der Waals surface area contributed by atoms with Crippen LogP contribution in [0.15, 0.2) is 36.4 Å². The van der Waals surface area contributed by atoms with E-state index < -0.39 is 0 Å². The van der Waals surface area contributed by atoms with Crippen LogP contribution in [0, 0.1) is 0 Å². The lowest BCUT2D eigenvalue weighted by atomic mass is 10.0. The summed E-state index contributed by atoms with van der Waals surface area (Å²) >= 11 is 18.4. The maximum absolute atomic E-state index is 6.48. The molecule has 0 aliphatic rings. The summed E-state index contributed by atoms with van der Waals surface area (Å²) in [4.78, 5) is 0. The second-order valence-electron chi connectivity index (χ2n) is 4.53. The van der Waals surface area contributed by atoms with E-state index in [1.165, 1.54) is 0 Å². The van der Waals surface area contributed by atoms with Crippen LogP contribution in [-0.2, 0) is 6.42 Å². The van der Waals surface area contributed by atoms with E-state index in [0.29, 0.717) is 28.0 Å². The zero-order valence-corrected chi connectivity index (χ0v) is 14.0. The third-order valence-electron chi connectivity index (χ3n) is 3.17. The van der Waals surface area contributed by atoms with Crippen LogP contribution in [-0.4, -0.2) is 14.2 Å². The van der Waals surface area contributed by atoms with E-state index in [2.05, 4.69) is 0 Å². The molecule has 0 aliphatic carbocycles. The Morgan fingerprint density at radius 2 is 1.62 bits per heavy atom. The van der Waals surface area contributed by atoms with Gasteiger partial charge < -0.3 is 9.47 Å². The van der Waals surface area contributed by atoms with E-state index in [4.69, 9.17) is 44.3 Å². The highest BCUT2D eigenvalue weighted by molar-refractivity contribution is 6.42. The molecule has 0 bridgehead atoms. The van der Waals surface area contributed by atoms with Crippen molar-refractivity contribution in [3.05, 3.63) is 57.6 Å². The smallest absolute Gasteiger partial charge is 0.161 e. The Morgan fingerprint density at radius 3 is 2.24 bits per heavy atom. The van der Waals surface area contributed by atoms with Crippen LogP contribution in [0.5, 0.6) is 11.5 Å². The van der Waals surface area contributed by atoms with Gasteiger partial charge in [0.15, 0.2) is 11.5 Å². The fourth-order valence-corrected chi connectivity index (χ4v) is 2.67. The molecule has 0 saturated carbocycles. The number of rotatable bonds is 5. The van der Waals surface area contributed by atoms with E-state index in [1.807, 2.05) is 30.3 Å². The van der Waals surface area contributed by atoms with Crippen molar-refractivity contribution in [3.63, 3.8) is 0 Å². The molecule has 2 aromatic rings. The first kappa shape index (κ1) is 16.3. The van der Waals surface area contributed by atoms with Crippen molar-refractivity contribution in [2.75, 3.05) is 14.2 Å². The second-order valence-corrected chi connectivity index (χ2v) is 5.88. The Kier molecular flexibility index (Phi) is 5.63. The molecule has 2 nitrogen and oxygen atoms in total. The maximum Gasteiger partial charge on any atom is 0.161 e. The zero-order valence-electron chi connectivity index (χ0n) is 11.7. The molecule has 0 radical (unpaired) electrons. The van der Waals surface area contributed by atoms with Crippen LogP contribution >= 0.6 is 34.8 Å². The Bertz CT molecular complexity index is 629. The van der Waals surface area contributed by atoms with Crippen LogP contribution in [0.2, 0.25) is 10.0 Å². The Hall–Kier alpha value is -1.09. The first-order valence-corrected chi connectivity index (χ1v) is 7.54. The molecule has 0 aromatic heterocycles. The van der Waals surface area contributed by atoms with Gasteiger partial charge in [-0.2, -0.15) is 0 Å². The molecule has 112 valence electrons. The number of ether oxygens (including phenoxy) is 2. The molecule has 0 saturated heterocycles. The Morgan fingerprint density at radius 1 is 0.905 bits per heavy atom. The van der Waals surface area contributed by atoms with Crippen LogP contribution < -0.4 is 9.47 Å². The van der Waals surface area contributed by atoms with Crippen molar-refractivity contribution in [3.8, 4) is 11.5 Å². The average molecular weight is 346 g/mol. The van der Waals surface area contributed by atoms with E-state index in [-0.39, 0.29) is 5.38 Å². The number of hydrogen-bond acceptors (Lipinski definition) is 2. The highest BCUT2D eigenvalue weighted by Crippen LogP contribution is 2.34. The first-order chi connectivity index (χ1) is 10.0. The summed E-state index contributed by atoms with van der Waals surface area (Å²) in [5.41, 5.74) is 1.99. The number of methoxy groups -OCH3 is 2. The SMILES string of the molecule is COc1ccc(C(Cl)Cc2ccc(Cl)c(Cl)c2)cc1OC. The van der Waals surface area contributed by atoms with Gasteiger partial charge in [0.1, 0.15) is 0 Å². The van der Waals surface area contributed by atoms with Crippen molar-refractivity contribution in [1.29, 1.82) is 0 Å². The van der Waals surface area contributed by atoms with E-state index >= 15 is 0 Å². The predicted molar refractivity (Wildman–Crippen MR) is 88.3 cm³/mol. The predicted octanol–water partition coefficient (Wildman–Crippen LogP) is 5.53. The normalized spacial score (nSPS) is 12.0. The zero-order chi connectivity index (χ0) is 15.4. The third-order valence-corrected chi connectivity index (χ3v) is 4.31. The van der Waals surface area contributed by atoms with E-state index in [0.717, 1.165) is 11.1 Å². The summed E-state index contributed by atoms with van der Waals surface area (Å²) in [6.45, 7) is 0. The second kappa shape index (κ2) is 7.26. The summed E-state index contributed by atoms with van der Waals surface area (Å²) in [6.07, 6.45) is 0.647. The van der Waals surface area contributed by atoms with Crippen LogP contribution in [0.3, 0.4) is 0 Å². The topological polar surface area (TPSA) is 18.5 Å². The molecule has 0 N–H and O–H groups in total. The molecule has 1 atom stereocenters. The van der Waals surface area contributed by atoms with Crippen molar-refractivity contribution in [1.82, 2.24) is 0 Å².